The van der Waals surface area contributed by atoms with Crippen LogP contribution in [-0.4, -0.2) is 42.5 Å². The zero-order valence-corrected chi connectivity index (χ0v) is 19.5. The lowest BCUT2D eigenvalue weighted by Gasteiger charge is -2.23. The number of thiocarbonyl (C=S) groups is 1. The topological polar surface area (TPSA) is 109 Å². The fourth-order valence-electron chi connectivity index (χ4n) is 2.94. The number of nitrogens with one attached hydrogen (secondary N) is 2. The predicted molar refractivity (Wildman–Crippen MR) is 122 cm³/mol. The summed E-state index contributed by atoms with van der Waals surface area (Å²) in [6, 6.07) is 7.31. The molecule has 8 nitrogen and oxygen atoms in total. The van der Waals surface area contributed by atoms with Crippen LogP contribution in [0.4, 0.5) is 0 Å². The second kappa shape index (κ2) is 8.99. The third-order valence-corrected chi connectivity index (χ3v) is 5.92. The molecule has 2 N–H and O–H groups in total. The molecule has 3 rings (SSSR count). The van der Waals surface area contributed by atoms with Gasteiger partial charge in [0.25, 0.3) is 11.8 Å². The number of hydrogen-bond donors (Lipinski definition) is 2. The molecule has 2 heterocycles. The quantitative estimate of drug-likeness (QED) is 0.462. The Morgan fingerprint density at radius 3 is 2.61 bits per heavy atom. The van der Waals surface area contributed by atoms with Gasteiger partial charge in [-0.25, -0.2) is 8.42 Å². The monoisotopic (exact) mass is 501 g/mol. The van der Waals surface area contributed by atoms with E-state index in [1.165, 1.54) is 6.08 Å². The SMILES string of the molecule is CCC(C(=O)NS(C)(=O)=O)N1C(=O)/C(=C\c2ccc(-c3ccc(Cl)c(Cl)c3)o2)NC1=S. The number of carbonyl (C=O) groups is 2. The number of rotatable bonds is 6. The first kappa shape index (κ1) is 23.3. The maximum absolute atomic E-state index is 12.9. The average Bonchev–Trinajstić information content (AvgIpc) is 3.23. The van der Waals surface area contributed by atoms with Gasteiger partial charge in [-0.2, -0.15) is 0 Å². The van der Waals surface area contributed by atoms with Crippen LogP contribution in [0.25, 0.3) is 17.4 Å². The van der Waals surface area contributed by atoms with Crippen LogP contribution < -0.4 is 10.0 Å². The zero-order chi connectivity index (χ0) is 22.9. The fourth-order valence-corrected chi connectivity index (χ4v) is 4.06. The van der Waals surface area contributed by atoms with E-state index in [1.807, 2.05) is 4.72 Å². The maximum Gasteiger partial charge on any atom is 0.277 e. The second-order valence-electron chi connectivity index (χ2n) is 6.66. The van der Waals surface area contributed by atoms with E-state index in [9.17, 15) is 18.0 Å². The molecular weight excluding hydrogens is 485 g/mol. The summed E-state index contributed by atoms with van der Waals surface area (Å²) in [4.78, 5) is 26.2. The summed E-state index contributed by atoms with van der Waals surface area (Å²) in [6.45, 7) is 1.64. The molecule has 2 aromatic rings. The molecule has 0 spiro atoms. The highest BCUT2D eigenvalue weighted by atomic mass is 35.5. The highest BCUT2D eigenvalue weighted by Gasteiger charge is 2.39. The van der Waals surface area contributed by atoms with Gasteiger partial charge in [0.1, 0.15) is 23.3 Å². The van der Waals surface area contributed by atoms with Gasteiger partial charge in [-0.05, 0) is 49.0 Å². The smallest absolute Gasteiger partial charge is 0.277 e. The molecule has 0 bridgehead atoms. The molecule has 0 aliphatic carbocycles. The van der Waals surface area contributed by atoms with Gasteiger partial charge in [0.2, 0.25) is 10.0 Å². The van der Waals surface area contributed by atoms with Crippen LogP contribution in [0.15, 0.2) is 40.4 Å². The molecule has 1 aromatic carbocycles. The van der Waals surface area contributed by atoms with Gasteiger partial charge < -0.3 is 9.73 Å². The molecule has 1 aliphatic heterocycles. The van der Waals surface area contributed by atoms with Crippen LogP contribution in [0.2, 0.25) is 10.0 Å². The summed E-state index contributed by atoms with van der Waals surface area (Å²) in [6.07, 6.45) is 2.45. The van der Waals surface area contributed by atoms with Crippen LogP contribution >= 0.6 is 35.4 Å². The summed E-state index contributed by atoms with van der Waals surface area (Å²) in [5.41, 5.74) is 0.788. The van der Waals surface area contributed by atoms with Crippen molar-refractivity contribution in [3.05, 3.63) is 51.8 Å². The maximum atomic E-state index is 12.9. The first-order valence-corrected chi connectivity index (χ1v) is 12.0. The van der Waals surface area contributed by atoms with Crippen molar-refractivity contribution in [2.45, 2.75) is 19.4 Å². The minimum Gasteiger partial charge on any atom is -0.457 e. The van der Waals surface area contributed by atoms with Gasteiger partial charge >= 0.3 is 0 Å². The average molecular weight is 502 g/mol. The molecule has 1 aromatic heterocycles. The van der Waals surface area contributed by atoms with Gasteiger partial charge in [0, 0.05) is 11.6 Å². The Morgan fingerprint density at radius 2 is 2.00 bits per heavy atom. The van der Waals surface area contributed by atoms with Gasteiger partial charge in [-0.3, -0.25) is 19.2 Å². The van der Waals surface area contributed by atoms with Crippen molar-refractivity contribution in [1.82, 2.24) is 14.9 Å². The zero-order valence-electron chi connectivity index (χ0n) is 16.3. The summed E-state index contributed by atoms with van der Waals surface area (Å²) < 4.78 is 30.4. The number of carbonyl (C=O) groups excluding carboxylic acids is 2. The highest BCUT2D eigenvalue weighted by molar-refractivity contribution is 7.89. The minimum absolute atomic E-state index is 0.0111. The molecule has 1 atom stereocenters. The van der Waals surface area contributed by atoms with E-state index in [-0.39, 0.29) is 17.2 Å². The molecule has 0 radical (unpaired) electrons. The van der Waals surface area contributed by atoms with Crippen LogP contribution in [0.1, 0.15) is 19.1 Å². The van der Waals surface area contributed by atoms with Crippen molar-refractivity contribution in [3.8, 4) is 11.3 Å². The van der Waals surface area contributed by atoms with E-state index in [1.54, 1.807) is 37.3 Å². The van der Waals surface area contributed by atoms with Gasteiger partial charge in [0.15, 0.2) is 5.11 Å². The molecule has 12 heteroatoms. The van der Waals surface area contributed by atoms with Gasteiger partial charge in [-0.1, -0.05) is 30.1 Å². The van der Waals surface area contributed by atoms with E-state index < -0.39 is 27.9 Å². The van der Waals surface area contributed by atoms with Crippen molar-refractivity contribution in [2.24, 2.45) is 0 Å². The minimum atomic E-state index is -3.78. The first-order chi connectivity index (χ1) is 14.5. The Hall–Kier alpha value is -2.40. The van der Waals surface area contributed by atoms with E-state index in [0.717, 1.165) is 11.2 Å². The van der Waals surface area contributed by atoms with Crippen LogP contribution in [0, 0.1) is 0 Å². The summed E-state index contributed by atoms with van der Waals surface area (Å²) >= 11 is 17.2. The molecule has 1 saturated heterocycles. The largest absolute Gasteiger partial charge is 0.457 e. The highest BCUT2D eigenvalue weighted by Crippen LogP contribution is 2.30. The fraction of sp³-hybridized carbons (Fsp3) is 0.211. The second-order valence-corrected chi connectivity index (χ2v) is 9.61. The van der Waals surface area contributed by atoms with Crippen molar-refractivity contribution in [1.29, 1.82) is 0 Å². The number of halogens is 2. The lowest BCUT2D eigenvalue weighted by atomic mass is 10.2. The van der Waals surface area contributed by atoms with Crippen molar-refractivity contribution >= 4 is 68.4 Å². The van der Waals surface area contributed by atoms with E-state index in [0.29, 0.717) is 27.1 Å². The molecule has 1 unspecified atom stereocenters. The number of sulfonamides is 1. The molecule has 164 valence electrons. The summed E-state index contributed by atoms with van der Waals surface area (Å²) in [5.74, 6) is -0.555. The number of hydrogen-bond acceptors (Lipinski definition) is 6. The lowest BCUT2D eigenvalue weighted by molar-refractivity contribution is -0.131. The molecule has 0 saturated carbocycles. The van der Waals surface area contributed by atoms with Crippen LogP contribution in [-0.2, 0) is 19.6 Å². The first-order valence-electron chi connectivity index (χ1n) is 8.93. The van der Waals surface area contributed by atoms with E-state index >= 15 is 0 Å². The molecule has 31 heavy (non-hydrogen) atoms. The van der Waals surface area contributed by atoms with E-state index in [2.05, 4.69) is 5.32 Å². The normalized spacial score (nSPS) is 16.5. The third-order valence-electron chi connectivity index (χ3n) is 4.31. The molecule has 1 fully saturated rings. The number of amides is 2. The molecule has 2 amide bonds. The number of benzene rings is 1. The van der Waals surface area contributed by atoms with Gasteiger partial charge in [0.05, 0.1) is 16.3 Å². The lowest BCUT2D eigenvalue weighted by Crippen LogP contribution is -2.50. The Morgan fingerprint density at radius 1 is 1.29 bits per heavy atom. The van der Waals surface area contributed by atoms with Crippen molar-refractivity contribution < 1.29 is 22.4 Å². The molecular formula is C19H17Cl2N3O5S2. The Kier molecular flexibility index (Phi) is 6.75. The van der Waals surface area contributed by atoms with Crippen LogP contribution in [0.5, 0.6) is 0 Å². The number of furan rings is 1. The van der Waals surface area contributed by atoms with Crippen molar-refractivity contribution in [3.63, 3.8) is 0 Å². The molecule has 1 aliphatic rings. The van der Waals surface area contributed by atoms with Crippen molar-refractivity contribution in [2.75, 3.05) is 6.26 Å². The Labute approximate surface area is 194 Å². The Balaban J connectivity index is 1.84. The Bertz CT molecular complexity index is 1210. The van der Waals surface area contributed by atoms with E-state index in [4.69, 9.17) is 39.8 Å². The standard InChI is InChI=1S/C19H17Cl2N3O5S2/c1-3-15(17(25)23-31(2,27)28)24-18(26)14(22-19(24)30)9-11-5-7-16(29-11)10-4-6-12(20)13(21)8-10/h4-9,15H,3H2,1-2H3,(H,22,30)(H,23,25)/b14-9+. The summed E-state index contributed by atoms with van der Waals surface area (Å²) in [7, 11) is -3.78. The van der Waals surface area contributed by atoms with Gasteiger partial charge in [-0.15, -0.1) is 0 Å². The van der Waals surface area contributed by atoms with Crippen LogP contribution in [0.3, 0.4) is 0 Å². The predicted octanol–water partition coefficient (Wildman–Crippen LogP) is 3.17. The third kappa shape index (κ3) is 5.27. The number of nitrogens with zero attached hydrogens (tertiary/aromatic N) is 1. The summed E-state index contributed by atoms with van der Waals surface area (Å²) in [5, 5.41) is 3.52.